The summed E-state index contributed by atoms with van der Waals surface area (Å²) in [6, 6.07) is 0. The number of rotatable bonds is 2. The molecule has 0 unspecified atom stereocenters. The fraction of sp³-hybridized carbons (Fsp3) is 0.222. The second-order valence-electron chi connectivity index (χ2n) is 3.05. The second kappa shape index (κ2) is 4.05. The highest BCUT2D eigenvalue weighted by atomic mass is 16.5. The molecular formula is C9H8N4O3. The summed E-state index contributed by atoms with van der Waals surface area (Å²) in [6.45, 7) is 1.22. The Kier molecular flexibility index (Phi) is 2.59. The van der Waals surface area contributed by atoms with Crippen LogP contribution in [0.15, 0.2) is 17.5 Å². The van der Waals surface area contributed by atoms with Crippen LogP contribution in [0.4, 0.5) is 0 Å². The molecule has 0 saturated carbocycles. The Hall–Kier alpha value is -2.31. The first kappa shape index (κ1) is 10.2. The number of nitrogens with zero attached hydrogens (tertiary/aromatic N) is 3. The smallest absolute Gasteiger partial charge is 0.278 e. The molecule has 1 aromatic heterocycles. The molecule has 0 aromatic carbocycles. The first-order valence-corrected chi connectivity index (χ1v) is 4.50. The molecule has 0 saturated heterocycles. The minimum absolute atomic E-state index is 0.0953. The van der Waals surface area contributed by atoms with E-state index in [1.54, 1.807) is 0 Å². The Balaban J connectivity index is 2.40. The van der Waals surface area contributed by atoms with Gasteiger partial charge >= 0.3 is 0 Å². The van der Waals surface area contributed by atoms with Crippen LogP contribution < -0.4 is 5.43 Å². The van der Waals surface area contributed by atoms with Crippen LogP contribution >= 0.6 is 0 Å². The van der Waals surface area contributed by atoms with Crippen molar-refractivity contribution >= 4 is 17.6 Å². The van der Waals surface area contributed by atoms with E-state index in [1.807, 2.05) is 0 Å². The van der Waals surface area contributed by atoms with Gasteiger partial charge < -0.3 is 4.74 Å². The van der Waals surface area contributed by atoms with Crippen LogP contribution in [0.1, 0.15) is 23.1 Å². The van der Waals surface area contributed by atoms with Crippen molar-refractivity contribution in [3.05, 3.63) is 23.8 Å². The molecule has 0 spiro atoms. The lowest BCUT2D eigenvalue weighted by molar-refractivity contribution is -0.124. The van der Waals surface area contributed by atoms with E-state index in [0.717, 1.165) is 0 Å². The summed E-state index contributed by atoms with van der Waals surface area (Å²) in [5.74, 6) is -0.499. The Labute approximate surface area is 90.5 Å². The van der Waals surface area contributed by atoms with Gasteiger partial charge in [0, 0.05) is 19.3 Å². The number of amides is 1. The number of nitrogens with one attached hydrogen (secondary N) is 1. The summed E-state index contributed by atoms with van der Waals surface area (Å²) in [7, 11) is 0. The third kappa shape index (κ3) is 1.88. The average Bonchev–Trinajstić information content (AvgIpc) is 2.30. The molecule has 1 aliphatic heterocycles. The van der Waals surface area contributed by atoms with Gasteiger partial charge in [-0.25, -0.2) is 15.4 Å². The van der Waals surface area contributed by atoms with Crippen molar-refractivity contribution in [1.29, 1.82) is 0 Å². The summed E-state index contributed by atoms with van der Waals surface area (Å²) in [5, 5.41) is 3.66. The predicted molar refractivity (Wildman–Crippen MR) is 52.7 cm³/mol. The van der Waals surface area contributed by atoms with Crippen LogP contribution in [0.5, 0.6) is 0 Å². The molecular weight excluding hydrogens is 212 g/mol. The highest BCUT2D eigenvalue weighted by Crippen LogP contribution is 2.07. The number of hydrogen-bond acceptors (Lipinski definition) is 6. The molecule has 1 N–H and O–H groups in total. The molecule has 0 radical (unpaired) electrons. The number of carbonyl (C=O) groups is 2. The van der Waals surface area contributed by atoms with Crippen molar-refractivity contribution in [3.8, 4) is 0 Å². The molecule has 0 atom stereocenters. The van der Waals surface area contributed by atoms with E-state index < -0.39 is 0 Å². The summed E-state index contributed by atoms with van der Waals surface area (Å²) < 4.78 is 5.05. The number of aromatic nitrogens is 2. The summed E-state index contributed by atoms with van der Waals surface area (Å²) in [6.07, 6.45) is 2.83. The molecule has 7 nitrogen and oxygen atoms in total. The minimum Gasteiger partial charge on any atom is -0.465 e. The molecule has 0 bridgehead atoms. The van der Waals surface area contributed by atoms with E-state index in [0.29, 0.717) is 0 Å². The van der Waals surface area contributed by atoms with Crippen LogP contribution in [0.2, 0.25) is 0 Å². The van der Waals surface area contributed by atoms with Crippen LogP contribution in [0.25, 0.3) is 0 Å². The summed E-state index contributed by atoms with van der Waals surface area (Å²) in [5.41, 5.74) is 2.64. The Bertz CT molecular complexity index is 483. The van der Waals surface area contributed by atoms with Gasteiger partial charge in [0.05, 0.1) is 0 Å². The van der Waals surface area contributed by atoms with Crippen molar-refractivity contribution in [2.75, 3.05) is 6.61 Å². The van der Waals surface area contributed by atoms with E-state index in [9.17, 15) is 9.59 Å². The van der Waals surface area contributed by atoms with E-state index in [-0.39, 0.29) is 35.6 Å². The molecule has 2 heterocycles. The zero-order chi connectivity index (χ0) is 11.5. The highest BCUT2D eigenvalue weighted by molar-refractivity contribution is 6.05. The number of ether oxygens (including phenoxy) is 1. The van der Waals surface area contributed by atoms with Crippen molar-refractivity contribution in [1.82, 2.24) is 15.4 Å². The van der Waals surface area contributed by atoms with Crippen molar-refractivity contribution in [2.45, 2.75) is 6.92 Å². The standard InChI is InChI=1S/C9H8N4O3/c1-5(14)7-8(11-3-2-10-7)9-13-12-6(15)4-16-9/h2-3H,4H2,1H3,(H,12,15). The topological polar surface area (TPSA) is 93.5 Å². The monoisotopic (exact) mass is 220 g/mol. The highest BCUT2D eigenvalue weighted by Gasteiger charge is 2.21. The fourth-order valence-corrected chi connectivity index (χ4v) is 1.19. The van der Waals surface area contributed by atoms with Gasteiger partial charge in [-0.1, -0.05) is 0 Å². The Morgan fingerprint density at radius 3 is 2.81 bits per heavy atom. The third-order valence-corrected chi connectivity index (χ3v) is 1.86. The van der Waals surface area contributed by atoms with Crippen LogP contribution in [0, 0.1) is 0 Å². The van der Waals surface area contributed by atoms with Gasteiger partial charge in [0.25, 0.3) is 11.8 Å². The van der Waals surface area contributed by atoms with Crippen LogP contribution in [-0.4, -0.2) is 34.2 Å². The van der Waals surface area contributed by atoms with Gasteiger partial charge in [0.1, 0.15) is 5.69 Å². The summed E-state index contributed by atoms with van der Waals surface area (Å²) >= 11 is 0. The maximum Gasteiger partial charge on any atom is 0.278 e. The maximum atomic E-state index is 11.3. The van der Waals surface area contributed by atoms with E-state index >= 15 is 0 Å². The quantitative estimate of drug-likeness (QED) is 0.677. The molecule has 1 aliphatic rings. The number of ketones is 1. The van der Waals surface area contributed by atoms with Gasteiger partial charge in [0.2, 0.25) is 0 Å². The maximum absolute atomic E-state index is 11.3. The minimum atomic E-state index is -0.350. The molecule has 0 aliphatic carbocycles. The van der Waals surface area contributed by atoms with E-state index in [2.05, 4.69) is 20.5 Å². The van der Waals surface area contributed by atoms with Crippen molar-refractivity contribution in [2.24, 2.45) is 5.10 Å². The zero-order valence-electron chi connectivity index (χ0n) is 8.43. The molecule has 1 amide bonds. The molecule has 82 valence electrons. The van der Waals surface area contributed by atoms with Gasteiger partial charge in [-0.05, 0) is 0 Å². The number of hydrazone groups is 1. The van der Waals surface area contributed by atoms with Crippen LogP contribution in [-0.2, 0) is 9.53 Å². The Morgan fingerprint density at radius 2 is 2.19 bits per heavy atom. The molecule has 2 rings (SSSR count). The third-order valence-electron chi connectivity index (χ3n) is 1.86. The van der Waals surface area contributed by atoms with Gasteiger partial charge in [0.15, 0.2) is 18.1 Å². The van der Waals surface area contributed by atoms with E-state index in [4.69, 9.17) is 4.74 Å². The molecule has 1 aromatic rings. The van der Waals surface area contributed by atoms with Gasteiger partial charge in [-0.15, -0.1) is 5.10 Å². The second-order valence-corrected chi connectivity index (χ2v) is 3.05. The van der Waals surface area contributed by atoms with Crippen molar-refractivity contribution in [3.63, 3.8) is 0 Å². The van der Waals surface area contributed by atoms with Crippen LogP contribution in [0.3, 0.4) is 0 Å². The van der Waals surface area contributed by atoms with Gasteiger partial charge in [-0.3, -0.25) is 9.59 Å². The molecule has 0 fully saturated rings. The lowest BCUT2D eigenvalue weighted by Gasteiger charge is -2.13. The normalized spacial score (nSPS) is 14.8. The fourth-order valence-electron chi connectivity index (χ4n) is 1.19. The summed E-state index contributed by atoms with van der Waals surface area (Å²) in [4.78, 5) is 29.9. The Morgan fingerprint density at radius 1 is 1.44 bits per heavy atom. The lowest BCUT2D eigenvalue weighted by atomic mass is 10.2. The van der Waals surface area contributed by atoms with Gasteiger partial charge in [-0.2, -0.15) is 0 Å². The molecule has 7 heteroatoms. The number of carbonyl (C=O) groups excluding carboxylic acids is 2. The van der Waals surface area contributed by atoms with E-state index in [1.165, 1.54) is 19.3 Å². The first-order valence-electron chi connectivity index (χ1n) is 4.50. The largest absolute Gasteiger partial charge is 0.465 e. The zero-order valence-corrected chi connectivity index (χ0v) is 8.43. The first-order chi connectivity index (χ1) is 7.68. The van der Waals surface area contributed by atoms with Crippen molar-refractivity contribution < 1.29 is 14.3 Å². The molecule has 16 heavy (non-hydrogen) atoms. The number of hydrogen-bond donors (Lipinski definition) is 1. The lowest BCUT2D eigenvalue weighted by Crippen LogP contribution is -2.33. The average molecular weight is 220 g/mol. The predicted octanol–water partition coefficient (Wildman–Crippen LogP) is -0.513. The number of Topliss-reactive ketones (excluding diaryl/α,β-unsaturated/α-hetero) is 1. The SMILES string of the molecule is CC(=O)c1nccnc1C1=NNC(=O)CO1.